The van der Waals surface area contributed by atoms with Crippen LogP contribution in [0, 0.1) is 0 Å². The molecule has 0 fully saturated rings. The highest BCUT2D eigenvalue weighted by Gasteiger charge is 2.15. The van der Waals surface area contributed by atoms with Gasteiger partial charge in [0.2, 0.25) is 0 Å². The van der Waals surface area contributed by atoms with Crippen molar-refractivity contribution in [3.05, 3.63) is 11.9 Å². The number of ether oxygens (including phenoxy) is 1. The summed E-state index contributed by atoms with van der Waals surface area (Å²) in [5.41, 5.74) is 6.16. The largest absolute Gasteiger partial charge is 0.396 e. The van der Waals surface area contributed by atoms with E-state index in [2.05, 4.69) is 15.2 Å². The van der Waals surface area contributed by atoms with Crippen molar-refractivity contribution < 1.29 is 18.3 Å². The second-order valence-corrected chi connectivity index (χ2v) is 3.49. The fraction of sp³-hybridized carbons (Fsp3) is 0.600. The van der Waals surface area contributed by atoms with E-state index in [-0.39, 0.29) is 24.5 Å². The molecular formula is C10H16F2N4O2. The Kier molecular flexibility index (Phi) is 5.50. The highest BCUT2D eigenvalue weighted by molar-refractivity contribution is 5.97. The highest BCUT2D eigenvalue weighted by atomic mass is 19.3. The van der Waals surface area contributed by atoms with E-state index >= 15 is 0 Å². The van der Waals surface area contributed by atoms with Crippen LogP contribution in [0.1, 0.15) is 17.4 Å². The van der Waals surface area contributed by atoms with Crippen LogP contribution in [0.5, 0.6) is 0 Å². The SMILES string of the molecule is CCn1ncc(N)c1C(=O)NCCOCC(F)F. The van der Waals surface area contributed by atoms with Crippen LogP contribution in [0.2, 0.25) is 0 Å². The minimum Gasteiger partial charge on any atom is -0.396 e. The molecule has 0 aliphatic rings. The lowest BCUT2D eigenvalue weighted by Crippen LogP contribution is -2.30. The van der Waals surface area contributed by atoms with Crippen LogP contribution in [-0.4, -0.2) is 41.9 Å². The second kappa shape index (κ2) is 6.90. The quantitative estimate of drug-likeness (QED) is 0.701. The Bertz CT molecular complexity index is 395. The van der Waals surface area contributed by atoms with Gasteiger partial charge in [0.05, 0.1) is 18.5 Å². The minimum atomic E-state index is -2.50. The predicted octanol–water partition coefficient (Wildman–Crippen LogP) is 0.497. The Morgan fingerprint density at radius 3 is 3.00 bits per heavy atom. The van der Waals surface area contributed by atoms with Crippen molar-refractivity contribution in [2.45, 2.75) is 19.9 Å². The Balaban J connectivity index is 2.38. The zero-order valence-electron chi connectivity index (χ0n) is 10.0. The van der Waals surface area contributed by atoms with Crippen molar-refractivity contribution >= 4 is 11.6 Å². The van der Waals surface area contributed by atoms with Crippen molar-refractivity contribution in [1.82, 2.24) is 15.1 Å². The van der Waals surface area contributed by atoms with Gasteiger partial charge in [-0.25, -0.2) is 8.78 Å². The monoisotopic (exact) mass is 262 g/mol. The molecule has 1 aromatic rings. The van der Waals surface area contributed by atoms with Gasteiger partial charge in [0.1, 0.15) is 12.3 Å². The topological polar surface area (TPSA) is 82.2 Å². The number of hydrogen-bond acceptors (Lipinski definition) is 4. The summed E-state index contributed by atoms with van der Waals surface area (Å²) < 4.78 is 29.6. The number of nitrogens with two attached hydrogens (primary N) is 1. The van der Waals surface area contributed by atoms with E-state index in [0.29, 0.717) is 6.54 Å². The summed E-state index contributed by atoms with van der Waals surface area (Å²) in [5, 5.41) is 6.45. The lowest BCUT2D eigenvalue weighted by Gasteiger charge is -2.08. The summed E-state index contributed by atoms with van der Waals surface area (Å²) in [5.74, 6) is -0.396. The summed E-state index contributed by atoms with van der Waals surface area (Å²) in [6.07, 6.45) is -1.11. The van der Waals surface area contributed by atoms with Crippen LogP contribution >= 0.6 is 0 Å². The number of amides is 1. The molecule has 0 unspecified atom stereocenters. The van der Waals surface area contributed by atoms with Gasteiger partial charge in [-0.3, -0.25) is 9.48 Å². The summed E-state index contributed by atoms with van der Waals surface area (Å²) in [6, 6.07) is 0. The van der Waals surface area contributed by atoms with E-state index in [0.717, 1.165) is 0 Å². The zero-order chi connectivity index (χ0) is 13.5. The molecule has 102 valence electrons. The second-order valence-electron chi connectivity index (χ2n) is 3.49. The maximum atomic E-state index is 11.8. The number of nitrogens with zero attached hydrogens (tertiary/aromatic N) is 2. The van der Waals surface area contributed by atoms with Crippen LogP contribution in [0.25, 0.3) is 0 Å². The smallest absolute Gasteiger partial charge is 0.271 e. The van der Waals surface area contributed by atoms with Gasteiger partial charge in [-0.2, -0.15) is 5.10 Å². The molecule has 0 aromatic carbocycles. The van der Waals surface area contributed by atoms with E-state index < -0.39 is 18.9 Å². The third-order valence-corrected chi connectivity index (χ3v) is 2.16. The van der Waals surface area contributed by atoms with Gasteiger partial charge in [-0.1, -0.05) is 0 Å². The van der Waals surface area contributed by atoms with Gasteiger partial charge >= 0.3 is 0 Å². The number of alkyl halides is 2. The number of rotatable bonds is 7. The van der Waals surface area contributed by atoms with Crippen molar-refractivity contribution in [3.63, 3.8) is 0 Å². The first-order chi connectivity index (χ1) is 8.56. The Morgan fingerprint density at radius 1 is 1.67 bits per heavy atom. The van der Waals surface area contributed by atoms with Gasteiger partial charge < -0.3 is 15.8 Å². The number of hydrogen-bond donors (Lipinski definition) is 2. The van der Waals surface area contributed by atoms with E-state index in [9.17, 15) is 13.6 Å². The molecule has 6 nitrogen and oxygen atoms in total. The molecular weight excluding hydrogens is 246 g/mol. The molecule has 1 aromatic heterocycles. The first-order valence-electron chi connectivity index (χ1n) is 5.51. The molecule has 1 rings (SSSR count). The number of nitrogens with one attached hydrogen (secondary N) is 1. The molecule has 1 amide bonds. The number of aryl methyl sites for hydroxylation is 1. The van der Waals surface area contributed by atoms with E-state index in [4.69, 9.17) is 5.73 Å². The summed E-state index contributed by atoms with van der Waals surface area (Å²) in [7, 11) is 0. The molecule has 0 saturated heterocycles. The number of carbonyl (C=O) groups excluding carboxylic acids is 1. The third-order valence-electron chi connectivity index (χ3n) is 2.16. The van der Waals surface area contributed by atoms with E-state index in [1.54, 1.807) is 0 Å². The number of nitrogen functional groups attached to an aromatic ring is 1. The normalized spacial score (nSPS) is 10.9. The van der Waals surface area contributed by atoms with Crippen molar-refractivity contribution in [2.75, 3.05) is 25.5 Å². The number of anilines is 1. The van der Waals surface area contributed by atoms with E-state index in [1.165, 1.54) is 10.9 Å². The summed E-state index contributed by atoms with van der Waals surface area (Å²) in [6.45, 7) is 1.87. The molecule has 0 aliphatic carbocycles. The maximum absolute atomic E-state index is 11.8. The van der Waals surface area contributed by atoms with Crippen LogP contribution in [0.4, 0.5) is 14.5 Å². The molecule has 1 heterocycles. The standard InChI is InChI=1S/C10H16F2N4O2/c1-2-16-9(7(13)5-15-16)10(17)14-3-4-18-6-8(11)12/h5,8H,2-4,6,13H2,1H3,(H,14,17). The summed E-state index contributed by atoms with van der Waals surface area (Å²) >= 11 is 0. The average molecular weight is 262 g/mol. The fourth-order valence-corrected chi connectivity index (χ4v) is 1.38. The zero-order valence-corrected chi connectivity index (χ0v) is 10.0. The first-order valence-corrected chi connectivity index (χ1v) is 5.51. The van der Waals surface area contributed by atoms with Gasteiger partial charge in [0, 0.05) is 13.1 Å². The Hall–Kier alpha value is -1.70. The summed E-state index contributed by atoms with van der Waals surface area (Å²) in [4.78, 5) is 11.7. The maximum Gasteiger partial charge on any atom is 0.271 e. The van der Waals surface area contributed by atoms with Gasteiger partial charge in [0.25, 0.3) is 12.3 Å². The molecule has 0 atom stereocenters. The number of aromatic nitrogens is 2. The highest BCUT2D eigenvalue weighted by Crippen LogP contribution is 2.09. The number of carbonyl (C=O) groups is 1. The number of halogens is 2. The van der Waals surface area contributed by atoms with Crippen LogP contribution in [0.3, 0.4) is 0 Å². The Morgan fingerprint density at radius 2 is 2.39 bits per heavy atom. The van der Waals surface area contributed by atoms with Crippen LogP contribution in [0.15, 0.2) is 6.20 Å². The fourth-order valence-electron chi connectivity index (χ4n) is 1.38. The van der Waals surface area contributed by atoms with Crippen LogP contribution < -0.4 is 11.1 Å². The molecule has 0 saturated carbocycles. The molecule has 18 heavy (non-hydrogen) atoms. The van der Waals surface area contributed by atoms with Crippen molar-refractivity contribution in [2.24, 2.45) is 0 Å². The van der Waals surface area contributed by atoms with Crippen molar-refractivity contribution in [3.8, 4) is 0 Å². The van der Waals surface area contributed by atoms with Crippen LogP contribution in [-0.2, 0) is 11.3 Å². The molecule has 3 N–H and O–H groups in total. The van der Waals surface area contributed by atoms with Crippen molar-refractivity contribution in [1.29, 1.82) is 0 Å². The van der Waals surface area contributed by atoms with Gasteiger partial charge in [-0.05, 0) is 6.92 Å². The van der Waals surface area contributed by atoms with Gasteiger partial charge in [-0.15, -0.1) is 0 Å². The predicted molar refractivity (Wildman–Crippen MR) is 61.5 cm³/mol. The lowest BCUT2D eigenvalue weighted by molar-refractivity contribution is 0.0188. The molecule has 0 aliphatic heterocycles. The Labute approximate surface area is 103 Å². The lowest BCUT2D eigenvalue weighted by atomic mass is 10.3. The van der Waals surface area contributed by atoms with Gasteiger partial charge in [0.15, 0.2) is 0 Å². The average Bonchev–Trinajstić information content (AvgIpc) is 2.69. The third kappa shape index (κ3) is 3.95. The molecule has 0 radical (unpaired) electrons. The molecule has 8 heteroatoms. The minimum absolute atomic E-state index is 0.0241. The van der Waals surface area contributed by atoms with E-state index in [1.807, 2.05) is 6.92 Å². The first kappa shape index (κ1) is 14.4. The molecule has 0 bridgehead atoms. The molecule has 0 spiro atoms.